The highest BCUT2D eigenvalue weighted by Gasteiger charge is 2.16. The summed E-state index contributed by atoms with van der Waals surface area (Å²) in [4.78, 5) is 16.5. The van der Waals surface area contributed by atoms with Crippen molar-refractivity contribution in [1.29, 1.82) is 0 Å². The molecule has 1 saturated heterocycles. The molecule has 1 aromatic heterocycles. The van der Waals surface area contributed by atoms with Crippen molar-refractivity contribution in [3.63, 3.8) is 0 Å². The van der Waals surface area contributed by atoms with Gasteiger partial charge in [0.05, 0.1) is 5.69 Å². The highest BCUT2D eigenvalue weighted by Crippen LogP contribution is 2.26. The molecule has 0 bridgehead atoms. The van der Waals surface area contributed by atoms with E-state index in [-0.39, 0.29) is 5.91 Å². The molecule has 122 valence electrons. The maximum atomic E-state index is 12.1. The summed E-state index contributed by atoms with van der Waals surface area (Å²) in [5.41, 5.74) is 3.62. The fraction of sp³-hybridized carbons (Fsp3) is 0.444. The van der Waals surface area contributed by atoms with Crippen molar-refractivity contribution in [3.8, 4) is 11.5 Å². The summed E-state index contributed by atoms with van der Waals surface area (Å²) in [7, 11) is 0. The van der Waals surface area contributed by atoms with Gasteiger partial charge in [0, 0.05) is 17.7 Å². The Bertz CT molecular complexity index is 687. The molecule has 0 aliphatic carbocycles. The monoisotopic (exact) mass is 313 g/mol. The van der Waals surface area contributed by atoms with E-state index in [2.05, 4.69) is 15.6 Å². The van der Waals surface area contributed by atoms with Crippen molar-refractivity contribution in [2.75, 3.05) is 18.4 Å². The lowest BCUT2D eigenvalue weighted by molar-refractivity contribution is -0.116. The minimum atomic E-state index is 0.0651. The van der Waals surface area contributed by atoms with Crippen LogP contribution in [0.3, 0.4) is 0 Å². The predicted octanol–water partition coefficient (Wildman–Crippen LogP) is 3.29. The molecule has 1 atom stereocenters. The molecular weight excluding hydrogens is 290 g/mol. The average molecular weight is 313 g/mol. The standard InChI is InChI=1S/C18H23N3O2/c1-12-3-5-15(9-16(12)18-20-13(2)11-23-18)21-17(22)6-4-14-7-8-19-10-14/h3,5,9,11,14,19H,4,6-8,10H2,1-2H3,(H,21,22). The molecule has 23 heavy (non-hydrogen) atoms. The number of nitrogens with one attached hydrogen (secondary N) is 2. The third kappa shape index (κ3) is 3.99. The number of hydrogen-bond donors (Lipinski definition) is 2. The molecule has 5 nitrogen and oxygen atoms in total. The van der Waals surface area contributed by atoms with Crippen LogP contribution < -0.4 is 10.6 Å². The molecule has 2 heterocycles. The second-order valence-corrected chi connectivity index (χ2v) is 6.27. The molecule has 1 aliphatic heterocycles. The highest BCUT2D eigenvalue weighted by molar-refractivity contribution is 5.91. The van der Waals surface area contributed by atoms with Crippen LogP contribution in [0.1, 0.15) is 30.5 Å². The molecule has 3 rings (SSSR count). The van der Waals surface area contributed by atoms with Crippen molar-refractivity contribution in [2.45, 2.75) is 33.1 Å². The minimum absolute atomic E-state index is 0.0651. The van der Waals surface area contributed by atoms with Gasteiger partial charge in [0.25, 0.3) is 0 Å². The van der Waals surface area contributed by atoms with Crippen LogP contribution in [0, 0.1) is 19.8 Å². The van der Waals surface area contributed by atoms with E-state index in [1.54, 1.807) is 6.26 Å². The van der Waals surface area contributed by atoms with Crippen molar-refractivity contribution in [2.24, 2.45) is 5.92 Å². The van der Waals surface area contributed by atoms with E-state index in [1.165, 1.54) is 6.42 Å². The fourth-order valence-corrected chi connectivity index (χ4v) is 2.93. The lowest BCUT2D eigenvalue weighted by Crippen LogP contribution is -2.15. The normalized spacial score (nSPS) is 17.4. The van der Waals surface area contributed by atoms with Crippen LogP contribution in [-0.4, -0.2) is 24.0 Å². The van der Waals surface area contributed by atoms with Crippen molar-refractivity contribution < 1.29 is 9.21 Å². The Morgan fingerprint density at radius 3 is 3.00 bits per heavy atom. The SMILES string of the molecule is Cc1coc(-c2cc(NC(=O)CCC3CCNC3)ccc2C)n1. The number of nitrogens with zero attached hydrogens (tertiary/aromatic N) is 1. The summed E-state index contributed by atoms with van der Waals surface area (Å²) < 4.78 is 5.48. The third-order valence-corrected chi connectivity index (χ3v) is 4.31. The van der Waals surface area contributed by atoms with Gasteiger partial charge < -0.3 is 15.1 Å². The van der Waals surface area contributed by atoms with Crippen LogP contribution in [0.5, 0.6) is 0 Å². The Labute approximate surface area is 136 Å². The maximum absolute atomic E-state index is 12.1. The summed E-state index contributed by atoms with van der Waals surface area (Å²) in [6, 6.07) is 5.82. The minimum Gasteiger partial charge on any atom is -0.444 e. The lowest BCUT2D eigenvalue weighted by Gasteiger charge is -2.10. The number of rotatable bonds is 5. The highest BCUT2D eigenvalue weighted by atomic mass is 16.3. The van der Waals surface area contributed by atoms with Crippen LogP contribution in [-0.2, 0) is 4.79 Å². The van der Waals surface area contributed by atoms with E-state index in [0.717, 1.165) is 42.0 Å². The second-order valence-electron chi connectivity index (χ2n) is 6.27. The van der Waals surface area contributed by atoms with Crippen molar-refractivity contribution in [3.05, 3.63) is 35.7 Å². The predicted molar refractivity (Wildman–Crippen MR) is 90.3 cm³/mol. The van der Waals surface area contributed by atoms with E-state index in [4.69, 9.17) is 4.42 Å². The van der Waals surface area contributed by atoms with Crippen LogP contribution in [0.4, 0.5) is 5.69 Å². The van der Waals surface area contributed by atoms with Crippen LogP contribution in [0.15, 0.2) is 28.9 Å². The number of benzene rings is 1. The van der Waals surface area contributed by atoms with Gasteiger partial charge in [0.1, 0.15) is 6.26 Å². The Hall–Kier alpha value is -2.14. The van der Waals surface area contributed by atoms with Gasteiger partial charge in [-0.15, -0.1) is 0 Å². The van der Waals surface area contributed by atoms with Crippen LogP contribution in [0.2, 0.25) is 0 Å². The van der Waals surface area contributed by atoms with Gasteiger partial charge in [-0.25, -0.2) is 4.98 Å². The molecule has 0 spiro atoms. The molecule has 1 amide bonds. The molecule has 2 aromatic rings. The topological polar surface area (TPSA) is 67.2 Å². The number of oxazole rings is 1. The molecule has 0 saturated carbocycles. The summed E-state index contributed by atoms with van der Waals surface area (Å²) in [5.74, 6) is 1.29. The van der Waals surface area contributed by atoms with Crippen LogP contribution in [0.25, 0.3) is 11.5 Å². The van der Waals surface area contributed by atoms with Gasteiger partial charge in [0.2, 0.25) is 11.8 Å². The Morgan fingerprint density at radius 2 is 2.30 bits per heavy atom. The summed E-state index contributed by atoms with van der Waals surface area (Å²) in [6.45, 7) is 6.01. The molecular formula is C18H23N3O2. The molecule has 1 aliphatic rings. The first-order chi connectivity index (χ1) is 11.1. The van der Waals surface area contributed by atoms with Gasteiger partial charge in [-0.2, -0.15) is 0 Å². The fourth-order valence-electron chi connectivity index (χ4n) is 2.93. The summed E-state index contributed by atoms with van der Waals surface area (Å²) in [6.07, 6.45) is 4.31. The van der Waals surface area contributed by atoms with Crippen molar-refractivity contribution in [1.82, 2.24) is 10.3 Å². The Morgan fingerprint density at radius 1 is 1.43 bits per heavy atom. The number of carbonyl (C=O) groups excluding carboxylic acids is 1. The smallest absolute Gasteiger partial charge is 0.226 e. The number of hydrogen-bond acceptors (Lipinski definition) is 4. The number of aromatic nitrogens is 1. The summed E-state index contributed by atoms with van der Waals surface area (Å²) >= 11 is 0. The average Bonchev–Trinajstić information content (AvgIpc) is 3.18. The molecule has 1 aromatic carbocycles. The summed E-state index contributed by atoms with van der Waals surface area (Å²) in [5, 5.41) is 6.31. The van der Waals surface area contributed by atoms with Gasteiger partial charge in [0.15, 0.2) is 0 Å². The third-order valence-electron chi connectivity index (χ3n) is 4.31. The van der Waals surface area contributed by atoms with E-state index < -0.39 is 0 Å². The number of amides is 1. The zero-order valence-corrected chi connectivity index (χ0v) is 13.7. The van der Waals surface area contributed by atoms with Crippen LogP contribution >= 0.6 is 0 Å². The van der Waals surface area contributed by atoms with Crippen molar-refractivity contribution >= 4 is 11.6 Å². The first kappa shape index (κ1) is 15.7. The Kier molecular flexibility index (Phi) is 4.76. The van der Waals surface area contributed by atoms with E-state index in [9.17, 15) is 4.79 Å². The number of carbonyl (C=O) groups is 1. The van der Waals surface area contributed by atoms with E-state index in [1.807, 2.05) is 32.0 Å². The number of aryl methyl sites for hydroxylation is 2. The van der Waals surface area contributed by atoms with Gasteiger partial charge in [-0.05, 0) is 63.4 Å². The zero-order valence-electron chi connectivity index (χ0n) is 13.7. The van der Waals surface area contributed by atoms with Gasteiger partial charge in [-0.1, -0.05) is 6.07 Å². The quantitative estimate of drug-likeness (QED) is 0.889. The molecule has 2 N–H and O–H groups in total. The number of anilines is 1. The lowest BCUT2D eigenvalue weighted by atomic mass is 10.0. The van der Waals surface area contributed by atoms with E-state index >= 15 is 0 Å². The molecule has 5 heteroatoms. The van der Waals surface area contributed by atoms with Gasteiger partial charge >= 0.3 is 0 Å². The zero-order chi connectivity index (χ0) is 16.2. The molecule has 0 radical (unpaired) electrons. The Balaban J connectivity index is 1.64. The second kappa shape index (κ2) is 6.96. The largest absolute Gasteiger partial charge is 0.444 e. The van der Waals surface area contributed by atoms with Gasteiger partial charge in [-0.3, -0.25) is 4.79 Å². The first-order valence-corrected chi connectivity index (χ1v) is 8.15. The molecule has 1 unspecified atom stereocenters. The van der Waals surface area contributed by atoms with E-state index in [0.29, 0.717) is 18.2 Å². The molecule has 1 fully saturated rings. The maximum Gasteiger partial charge on any atom is 0.226 e. The first-order valence-electron chi connectivity index (χ1n) is 8.15.